The van der Waals surface area contributed by atoms with Gasteiger partial charge in [0.15, 0.2) is 0 Å². The fourth-order valence-electron chi connectivity index (χ4n) is 5.84. The quantitative estimate of drug-likeness (QED) is 0.257. The molecule has 0 saturated carbocycles. The van der Waals surface area contributed by atoms with Gasteiger partial charge in [-0.25, -0.2) is 0 Å². The van der Waals surface area contributed by atoms with Crippen molar-refractivity contribution in [2.24, 2.45) is 0 Å². The number of hydrogen-bond donors (Lipinski definition) is 1. The van der Waals surface area contributed by atoms with E-state index in [0.717, 1.165) is 67.5 Å². The molecule has 2 aromatic carbocycles. The van der Waals surface area contributed by atoms with Crippen molar-refractivity contribution >= 4 is 6.41 Å². The minimum absolute atomic E-state index is 0.0134. The summed E-state index contributed by atoms with van der Waals surface area (Å²) < 4.78 is 11.8. The van der Waals surface area contributed by atoms with E-state index in [1.54, 1.807) is 0 Å². The Labute approximate surface area is 228 Å². The molecule has 2 aromatic rings. The number of fused-ring (bicyclic) bond motifs is 1. The van der Waals surface area contributed by atoms with Crippen LogP contribution in [0.2, 0.25) is 0 Å². The van der Waals surface area contributed by atoms with E-state index in [1.807, 2.05) is 30.0 Å². The number of ether oxygens (including phenoxy) is 2. The molecule has 1 saturated heterocycles. The third-order valence-corrected chi connectivity index (χ3v) is 8.24. The van der Waals surface area contributed by atoms with Crippen LogP contribution >= 0.6 is 0 Å². The molecule has 1 fully saturated rings. The van der Waals surface area contributed by atoms with E-state index in [4.69, 9.17) is 9.47 Å². The Morgan fingerprint density at radius 1 is 1.08 bits per heavy atom. The number of piperidine rings is 1. The summed E-state index contributed by atoms with van der Waals surface area (Å²) in [5.41, 5.74) is 5.17. The Kier molecular flexibility index (Phi) is 8.85. The molecule has 1 heterocycles. The summed E-state index contributed by atoms with van der Waals surface area (Å²) in [6.07, 6.45) is 5.37. The third-order valence-electron chi connectivity index (χ3n) is 8.24. The lowest BCUT2D eigenvalue weighted by atomic mass is 9.62. The van der Waals surface area contributed by atoms with Gasteiger partial charge in [0.1, 0.15) is 18.5 Å². The van der Waals surface area contributed by atoms with Crippen LogP contribution in [-0.4, -0.2) is 42.8 Å². The maximum absolute atomic E-state index is 11.5. The number of amides is 1. The number of likely N-dealkylation sites (tertiary alicyclic amines) is 1. The molecule has 1 aliphatic heterocycles. The van der Waals surface area contributed by atoms with Crippen molar-refractivity contribution in [1.82, 2.24) is 4.90 Å². The van der Waals surface area contributed by atoms with Gasteiger partial charge >= 0.3 is 0 Å². The number of aliphatic hydroxyl groups excluding tert-OH is 1. The number of nitrogens with zero attached hydrogens (tertiary/aromatic N) is 1. The molecule has 5 nitrogen and oxygen atoms in total. The highest BCUT2D eigenvalue weighted by molar-refractivity contribution is 5.54. The molecule has 2 atom stereocenters. The van der Waals surface area contributed by atoms with Gasteiger partial charge in [-0.3, -0.25) is 4.79 Å². The number of aliphatic hydroxyl groups is 1. The van der Waals surface area contributed by atoms with E-state index in [9.17, 15) is 9.90 Å². The lowest BCUT2D eigenvalue weighted by molar-refractivity contribution is -0.121. The molecule has 4 rings (SSSR count). The molecular formula is C33H43NO4. The first-order valence-corrected chi connectivity index (χ1v) is 14.1. The second-order valence-corrected chi connectivity index (χ2v) is 11.9. The van der Waals surface area contributed by atoms with Crippen LogP contribution < -0.4 is 4.74 Å². The third kappa shape index (κ3) is 6.25. The van der Waals surface area contributed by atoms with E-state index >= 15 is 0 Å². The highest BCUT2D eigenvalue weighted by Gasteiger charge is 2.40. The first kappa shape index (κ1) is 28.2. The molecule has 1 N–H and O–H groups in total. The predicted octanol–water partition coefficient (Wildman–Crippen LogP) is 6.22. The largest absolute Gasteiger partial charge is 0.491 e. The highest BCUT2D eigenvalue weighted by Crippen LogP contribution is 2.50. The number of carbonyl (C=O) groups is 1. The molecule has 1 amide bonds. The molecule has 38 heavy (non-hydrogen) atoms. The van der Waals surface area contributed by atoms with Gasteiger partial charge in [0.25, 0.3) is 0 Å². The van der Waals surface area contributed by atoms with Crippen LogP contribution in [-0.2, 0) is 20.4 Å². The molecule has 2 unspecified atom stereocenters. The second kappa shape index (κ2) is 11.9. The van der Waals surface area contributed by atoms with Gasteiger partial charge in [-0.05, 0) is 84.7 Å². The van der Waals surface area contributed by atoms with Crippen molar-refractivity contribution < 1.29 is 19.4 Å². The van der Waals surface area contributed by atoms with Gasteiger partial charge in [-0.2, -0.15) is 0 Å². The molecular weight excluding hydrogens is 474 g/mol. The summed E-state index contributed by atoms with van der Waals surface area (Å²) in [6.45, 7) is 13.5. The number of hydrogen-bond acceptors (Lipinski definition) is 4. The van der Waals surface area contributed by atoms with Crippen LogP contribution in [0, 0.1) is 11.8 Å². The topological polar surface area (TPSA) is 59.0 Å². The maximum Gasteiger partial charge on any atom is 0.210 e. The molecule has 0 radical (unpaired) electrons. The van der Waals surface area contributed by atoms with Crippen molar-refractivity contribution in [3.63, 3.8) is 0 Å². The Hall–Kier alpha value is -2.81. The Morgan fingerprint density at radius 2 is 1.82 bits per heavy atom. The van der Waals surface area contributed by atoms with Crippen molar-refractivity contribution in [2.45, 2.75) is 89.7 Å². The number of carbonyl (C=O) groups excluding carboxylic acids is 1. The SMILES string of the molecule is CCOCCOc1cc(C(O)C#Cc2ccc(C3CCCCN3C=O)cc2)cc2c1C(C)(C)CCC2(C)C. The van der Waals surface area contributed by atoms with Crippen LogP contribution in [0.1, 0.15) is 107 Å². The van der Waals surface area contributed by atoms with Crippen LogP contribution in [0.15, 0.2) is 36.4 Å². The van der Waals surface area contributed by atoms with E-state index in [1.165, 1.54) is 11.1 Å². The summed E-state index contributed by atoms with van der Waals surface area (Å²) in [6, 6.07) is 12.3. The van der Waals surface area contributed by atoms with Crippen LogP contribution in [0.4, 0.5) is 0 Å². The van der Waals surface area contributed by atoms with Gasteiger partial charge in [-0.15, -0.1) is 0 Å². The number of rotatable bonds is 8. The summed E-state index contributed by atoms with van der Waals surface area (Å²) >= 11 is 0. The molecule has 2 aliphatic rings. The second-order valence-electron chi connectivity index (χ2n) is 11.9. The van der Waals surface area contributed by atoms with E-state index in [-0.39, 0.29) is 16.9 Å². The number of benzene rings is 2. The minimum atomic E-state index is -0.932. The highest BCUT2D eigenvalue weighted by atomic mass is 16.5. The zero-order chi connectivity index (χ0) is 27.3. The Morgan fingerprint density at radius 3 is 2.53 bits per heavy atom. The molecule has 5 heteroatoms. The fraction of sp³-hybridized carbons (Fsp3) is 0.545. The molecule has 0 aromatic heterocycles. The van der Waals surface area contributed by atoms with Crippen LogP contribution in [0.5, 0.6) is 5.75 Å². The average Bonchev–Trinajstić information content (AvgIpc) is 2.92. The van der Waals surface area contributed by atoms with E-state index in [0.29, 0.717) is 19.8 Å². The van der Waals surface area contributed by atoms with Crippen molar-refractivity contribution in [1.29, 1.82) is 0 Å². The standard InChI is InChI=1S/C33H43NO4/c1-6-37-19-20-38-30-22-26(21-27-31(30)33(4,5)17-16-32(27,2)3)29(36)15-12-24-10-13-25(14-11-24)28-9-7-8-18-34(28)23-35/h10-11,13-14,21-23,28-29,36H,6-9,16-20H2,1-5H3. The summed E-state index contributed by atoms with van der Waals surface area (Å²) in [5.74, 6) is 7.03. The average molecular weight is 518 g/mol. The normalized spacial score (nSPS) is 20.6. The monoisotopic (exact) mass is 517 g/mol. The smallest absolute Gasteiger partial charge is 0.210 e. The zero-order valence-electron chi connectivity index (χ0n) is 23.7. The van der Waals surface area contributed by atoms with Crippen molar-refractivity contribution in [3.05, 3.63) is 64.2 Å². The molecule has 0 spiro atoms. The lowest BCUT2D eigenvalue weighted by Crippen LogP contribution is -2.34. The summed E-state index contributed by atoms with van der Waals surface area (Å²) in [4.78, 5) is 13.3. The maximum atomic E-state index is 11.5. The Bertz CT molecular complexity index is 1170. The fourth-order valence-corrected chi connectivity index (χ4v) is 5.84. The van der Waals surface area contributed by atoms with Gasteiger partial charge in [-0.1, -0.05) is 57.7 Å². The van der Waals surface area contributed by atoms with E-state index < -0.39 is 6.10 Å². The van der Waals surface area contributed by atoms with E-state index in [2.05, 4.69) is 57.7 Å². The molecule has 1 aliphatic carbocycles. The van der Waals surface area contributed by atoms with Crippen molar-refractivity contribution in [2.75, 3.05) is 26.4 Å². The predicted molar refractivity (Wildman–Crippen MR) is 151 cm³/mol. The lowest BCUT2D eigenvalue weighted by Gasteiger charge is -2.43. The van der Waals surface area contributed by atoms with Crippen LogP contribution in [0.25, 0.3) is 0 Å². The summed E-state index contributed by atoms with van der Waals surface area (Å²) in [5, 5.41) is 11.1. The van der Waals surface area contributed by atoms with Crippen molar-refractivity contribution in [3.8, 4) is 17.6 Å². The van der Waals surface area contributed by atoms with Gasteiger partial charge in [0, 0.05) is 24.3 Å². The van der Waals surface area contributed by atoms with Crippen LogP contribution in [0.3, 0.4) is 0 Å². The first-order chi connectivity index (χ1) is 18.2. The van der Waals surface area contributed by atoms with Gasteiger partial charge < -0.3 is 19.5 Å². The van der Waals surface area contributed by atoms with Gasteiger partial charge in [0.2, 0.25) is 6.41 Å². The minimum Gasteiger partial charge on any atom is -0.491 e. The van der Waals surface area contributed by atoms with Gasteiger partial charge in [0.05, 0.1) is 12.6 Å². The Balaban J connectivity index is 1.59. The zero-order valence-corrected chi connectivity index (χ0v) is 23.7. The first-order valence-electron chi connectivity index (χ1n) is 14.1. The summed E-state index contributed by atoms with van der Waals surface area (Å²) in [7, 11) is 0. The molecule has 0 bridgehead atoms. The molecule has 204 valence electrons.